The van der Waals surface area contributed by atoms with Crippen molar-refractivity contribution in [3.8, 4) is 0 Å². The zero-order valence-corrected chi connectivity index (χ0v) is 5.59. The zero-order valence-electron chi connectivity index (χ0n) is 5.59. The van der Waals surface area contributed by atoms with E-state index in [-0.39, 0.29) is 0 Å². The Labute approximate surface area is 56.6 Å². The SMILES string of the molecule is C1=CCC/C=C/C/C=C/1. The Balaban J connectivity index is 2.43. The van der Waals surface area contributed by atoms with Crippen molar-refractivity contribution in [2.45, 2.75) is 19.3 Å². The highest BCUT2D eigenvalue weighted by Crippen LogP contribution is 1.98. The lowest BCUT2D eigenvalue weighted by molar-refractivity contribution is 1.05. The van der Waals surface area contributed by atoms with Gasteiger partial charge in [0.25, 0.3) is 0 Å². The molecule has 0 radical (unpaired) electrons. The van der Waals surface area contributed by atoms with Gasteiger partial charge in [-0.05, 0) is 19.3 Å². The monoisotopic (exact) mass is 120 g/mol. The van der Waals surface area contributed by atoms with Crippen LogP contribution in [0.5, 0.6) is 0 Å². The largest absolute Gasteiger partial charge is 0.0879 e. The molecule has 0 aromatic carbocycles. The minimum absolute atomic E-state index is 1.09. The van der Waals surface area contributed by atoms with Gasteiger partial charge in [0, 0.05) is 0 Å². The van der Waals surface area contributed by atoms with Crippen molar-refractivity contribution in [2.24, 2.45) is 0 Å². The third-order valence-corrected chi connectivity index (χ3v) is 1.32. The summed E-state index contributed by atoms with van der Waals surface area (Å²) in [6, 6.07) is 0. The number of allylic oxidation sites excluding steroid dienone is 6. The molecule has 0 atom stereocenters. The standard InChI is InChI=1S/C9H12/c1-2-4-6-8-9-7-5-3-1/h1-4,7,9H,5-6,8H2/b3-1+,4-2?,9-7+. The lowest BCUT2D eigenvalue weighted by Gasteiger charge is -1.81. The number of rotatable bonds is 0. The van der Waals surface area contributed by atoms with Gasteiger partial charge in [-0.3, -0.25) is 0 Å². The van der Waals surface area contributed by atoms with E-state index in [1.807, 2.05) is 0 Å². The first-order chi connectivity index (χ1) is 4.50. The van der Waals surface area contributed by atoms with Crippen LogP contribution in [0, 0.1) is 0 Å². The Hall–Kier alpha value is -0.780. The fourth-order valence-corrected chi connectivity index (χ4v) is 0.817. The summed E-state index contributed by atoms with van der Waals surface area (Å²) in [6.07, 6.45) is 16.5. The molecule has 1 rings (SSSR count). The second kappa shape index (κ2) is 4.13. The van der Waals surface area contributed by atoms with Crippen molar-refractivity contribution in [1.82, 2.24) is 0 Å². The molecule has 0 amide bonds. The van der Waals surface area contributed by atoms with Crippen LogP contribution in [0.1, 0.15) is 19.3 Å². The van der Waals surface area contributed by atoms with E-state index in [2.05, 4.69) is 36.5 Å². The highest BCUT2D eigenvalue weighted by atomic mass is 13.8. The van der Waals surface area contributed by atoms with Gasteiger partial charge in [0.15, 0.2) is 0 Å². The van der Waals surface area contributed by atoms with E-state index in [1.165, 1.54) is 12.8 Å². The molecule has 9 heavy (non-hydrogen) atoms. The molecule has 0 N–H and O–H groups in total. The molecule has 0 aromatic heterocycles. The van der Waals surface area contributed by atoms with Crippen LogP contribution in [0.2, 0.25) is 0 Å². The fourth-order valence-electron chi connectivity index (χ4n) is 0.817. The van der Waals surface area contributed by atoms with E-state index in [1.54, 1.807) is 0 Å². The van der Waals surface area contributed by atoms with Crippen LogP contribution in [0.3, 0.4) is 0 Å². The summed E-state index contributed by atoms with van der Waals surface area (Å²) >= 11 is 0. The first-order valence-electron chi connectivity index (χ1n) is 3.47. The van der Waals surface area contributed by atoms with Crippen molar-refractivity contribution >= 4 is 0 Å². The topological polar surface area (TPSA) is 0 Å². The molecule has 1 aliphatic rings. The van der Waals surface area contributed by atoms with Gasteiger partial charge in [-0.2, -0.15) is 0 Å². The Morgan fingerprint density at radius 3 is 2.44 bits per heavy atom. The zero-order chi connectivity index (χ0) is 6.36. The van der Waals surface area contributed by atoms with E-state index < -0.39 is 0 Å². The third-order valence-electron chi connectivity index (χ3n) is 1.32. The molecule has 0 unspecified atom stereocenters. The lowest BCUT2D eigenvalue weighted by atomic mass is 10.3. The normalized spacial score (nSPS) is 25.8. The van der Waals surface area contributed by atoms with Crippen LogP contribution in [-0.2, 0) is 0 Å². The minimum atomic E-state index is 1.09. The molecule has 48 valence electrons. The van der Waals surface area contributed by atoms with Crippen LogP contribution in [-0.4, -0.2) is 0 Å². The van der Waals surface area contributed by atoms with Gasteiger partial charge < -0.3 is 0 Å². The summed E-state index contributed by atoms with van der Waals surface area (Å²) in [6.45, 7) is 0. The van der Waals surface area contributed by atoms with Crippen LogP contribution in [0.15, 0.2) is 36.5 Å². The molecule has 1 aliphatic carbocycles. The summed E-state index contributed by atoms with van der Waals surface area (Å²) in [5, 5.41) is 0. The molecule has 0 aromatic rings. The maximum Gasteiger partial charge on any atom is -0.0166 e. The minimum Gasteiger partial charge on any atom is -0.0879 e. The Morgan fingerprint density at radius 2 is 1.44 bits per heavy atom. The lowest BCUT2D eigenvalue weighted by Crippen LogP contribution is -1.61. The Morgan fingerprint density at radius 1 is 0.667 bits per heavy atom. The first kappa shape index (κ1) is 6.34. The van der Waals surface area contributed by atoms with Crippen molar-refractivity contribution in [3.05, 3.63) is 36.5 Å². The van der Waals surface area contributed by atoms with Gasteiger partial charge >= 0.3 is 0 Å². The van der Waals surface area contributed by atoms with E-state index >= 15 is 0 Å². The molecule has 0 nitrogen and oxygen atoms in total. The summed E-state index contributed by atoms with van der Waals surface area (Å²) in [4.78, 5) is 0. The Bertz CT molecular complexity index is 138. The van der Waals surface area contributed by atoms with E-state index in [0.29, 0.717) is 0 Å². The Kier molecular flexibility index (Phi) is 2.91. The highest BCUT2D eigenvalue weighted by Gasteiger charge is 1.77. The average Bonchev–Trinajstić information content (AvgIpc) is 2.00. The van der Waals surface area contributed by atoms with E-state index in [9.17, 15) is 0 Å². The molecule has 0 aliphatic heterocycles. The van der Waals surface area contributed by atoms with Crippen molar-refractivity contribution in [2.75, 3.05) is 0 Å². The van der Waals surface area contributed by atoms with Gasteiger partial charge in [0.1, 0.15) is 0 Å². The molecular weight excluding hydrogens is 108 g/mol. The summed E-state index contributed by atoms with van der Waals surface area (Å²) < 4.78 is 0. The predicted octanol–water partition coefficient (Wildman–Crippen LogP) is 2.84. The van der Waals surface area contributed by atoms with Crippen molar-refractivity contribution in [1.29, 1.82) is 0 Å². The summed E-state index contributed by atoms with van der Waals surface area (Å²) in [5.74, 6) is 0. The van der Waals surface area contributed by atoms with Gasteiger partial charge in [-0.25, -0.2) is 0 Å². The molecule has 0 heterocycles. The number of hydrogen-bond donors (Lipinski definition) is 0. The highest BCUT2D eigenvalue weighted by molar-refractivity contribution is 5.06. The van der Waals surface area contributed by atoms with E-state index in [4.69, 9.17) is 0 Å². The quantitative estimate of drug-likeness (QED) is 0.431. The molecule has 0 heteroatoms. The second-order valence-corrected chi connectivity index (χ2v) is 2.14. The van der Waals surface area contributed by atoms with Crippen molar-refractivity contribution in [3.63, 3.8) is 0 Å². The second-order valence-electron chi connectivity index (χ2n) is 2.14. The smallest absolute Gasteiger partial charge is 0.0166 e. The van der Waals surface area contributed by atoms with Gasteiger partial charge in [0.2, 0.25) is 0 Å². The molecule has 0 fully saturated rings. The maximum atomic E-state index is 2.24. The van der Waals surface area contributed by atoms with Crippen LogP contribution in [0.4, 0.5) is 0 Å². The van der Waals surface area contributed by atoms with E-state index in [0.717, 1.165) is 6.42 Å². The third kappa shape index (κ3) is 2.91. The molecule has 0 saturated carbocycles. The summed E-state index contributed by atoms with van der Waals surface area (Å²) in [5.41, 5.74) is 0. The average molecular weight is 120 g/mol. The summed E-state index contributed by atoms with van der Waals surface area (Å²) in [7, 11) is 0. The van der Waals surface area contributed by atoms with Crippen molar-refractivity contribution < 1.29 is 0 Å². The van der Waals surface area contributed by atoms with Gasteiger partial charge in [-0.1, -0.05) is 36.5 Å². The molecule has 0 bridgehead atoms. The fraction of sp³-hybridized carbons (Fsp3) is 0.333. The van der Waals surface area contributed by atoms with Crippen LogP contribution >= 0.6 is 0 Å². The molecule has 0 spiro atoms. The first-order valence-corrected chi connectivity index (χ1v) is 3.47. The molecule has 0 saturated heterocycles. The van der Waals surface area contributed by atoms with Crippen LogP contribution < -0.4 is 0 Å². The maximum absolute atomic E-state index is 2.24. The molecular formula is C9H12. The van der Waals surface area contributed by atoms with Gasteiger partial charge in [0.05, 0.1) is 0 Å². The number of hydrogen-bond acceptors (Lipinski definition) is 0. The van der Waals surface area contributed by atoms with Gasteiger partial charge in [-0.15, -0.1) is 0 Å². The predicted molar refractivity (Wildman–Crippen MR) is 41.3 cm³/mol. The van der Waals surface area contributed by atoms with Crippen LogP contribution in [0.25, 0.3) is 0 Å².